The van der Waals surface area contributed by atoms with E-state index in [1.807, 2.05) is 145 Å². The minimum Gasteiger partial charge on any atom is -0.441 e. The van der Waals surface area contributed by atoms with Gasteiger partial charge in [-0.15, -0.1) is 0 Å². The number of aryl methyl sites for hydroxylation is 3. The molecule has 6 nitrogen and oxygen atoms in total. The van der Waals surface area contributed by atoms with Gasteiger partial charge in [-0.25, -0.2) is 13.2 Å². The molecule has 0 aliphatic carbocycles. The molecular formula is C36H40N2O4S. The van der Waals surface area contributed by atoms with Crippen LogP contribution >= 0.6 is 0 Å². The third-order valence-electron chi connectivity index (χ3n) is 7.28. The average molecular weight is 597 g/mol. The summed E-state index contributed by atoms with van der Waals surface area (Å²) in [4.78, 5) is 12.0. The van der Waals surface area contributed by atoms with Crippen LogP contribution in [-0.4, -0.2) is 14.5 Å². The summed E-state index contributed by atoms with van der Waals surface area (Å²) in [5.41, 5.74) is 11.4. The second kappa shape index (κ2) is 13.0. The van der Waals surface area contributed by atoms with Gasteiger partial charge in [-0.1, -0.05) is 123 Å². The van der Waals surface area contributed by atoms with Gasteiger partial charge in [0.15, 0.2) is 0 Å². The van der Waals surface area contributed by atoms with Crippen LogP contribution < -0.4 is 10.5 Å². The summed E-state index contributed by atoms with van der Waals surface area (Å²) >= 11 is 0. The first kappa shape index (κ1) is 31.7. The molecule has 2 atom stereocenters. The van der Waals surface area contributed by atoms with Gasteiger partial charge in [0.2, 0.25) is 10.0 Å². The fourth-order valence-electron chi connectivity index (χ4n) is 5.53. The minimum atomic E-state index is -3.97. The smallest absolute Gasteiger partial charge is 0.405 e. The molecule has 4 aromatic carbocycles. The van der Waals surface area contributed by atoms with Crippen LogP contribution in [0.15, 0.2) is 102 Å². The number of nitrogens with one attached hydrogen (secondary N) is 1. The third-order valence-corrected chi connectivity index (χ3v) is 9.01. The maximum atomic E-state index is 14.2. The zero-order chi connectivity index (χ0) is 31.4. The van der Waals surface area contributed by atoms with Gasteiger partial charge in [-0.05, 0) is 65.8 Å². The first-order valence-electron chi connectivity index (χ1n) is 14.2. The van der Waals surface area contributed by atoms with Crippen LogP contribution in [0.4, 0.5) is 4.79 Å². The highest BCUT2D eigenvalue weighted by molar-refractivity contribution is 7.89. The molecule has 0 spiro atoms. The van der Waals surface area contributed by atoms with Crippen molar-refractivity contribution in [2.45, 2.75) is 58.6 Å². The van der Waals surface area contributed by atoms with Gasteiger partial charge < -0.3 is 10.5 Å². The summed E-state index contributed by atoms with van der Waals surface area (Å²) in [6, 6.07) is 30.1. The van der Waals surface area contributed by atoms with E-state index in [0.717, 1.165) is 33.4 Å². The van der Waals surface area contributed by atoms with E-state index in [-0.39, 0.29) is 4.90 Å². The molecule has 7 heteroatoms. The van der Waals surface area contributed by atoms with Gasteiger partial charge in [-0.2, -0.15) is 4.72 Å². The molecule has 4 aromatic rings. The Morgan fingerprint density at radius 2 is 1.33 bits per heavy atom. The Labute approximate surface area is 255 Å². The van der Waals surface area contributed by atoms with Crippen LogP contribution in [0.5, 0.6) is 0 Å². The van der Waals surface area contributed by atoms with Gasteiger partial charge >= 0.3 is 6.09 Å². The van der Waals surface area contributed by atoms with E-state index in [9.17, 15) is 13.2 Å². The quantitative estimate of drug-likeness (QED) is 0.191. The highest BCUT2D eigenvalue weighted by atomic mass is 32.2. The molecule has 0 heterocycles. The fourth-order valence-corrected chi connectivity index (χ4v) is 7.19. The zero-order valence-electron chi connectivity index (χ0n) is 25.6. The van der Waals surface area contributed by atoms with Gasteiger partial charge in [0.1, 0.15) is 6.10 Å². The van der Waals surface area contributed by atoms with E-state index in [1.165, 1.54) is 0 Å². The van der Waals surface area contributed by atoms with Gasteiger partial charge in [0.05, 0.1) is 10.9 Å². The first-order chi connectivity index (χ1) is 20.3. The van der Waals surface area contributed by atoms with Crippen molar-refractivity contribution in [3.05, 3.63) is 136 Å². The second-order valence-electron chi connectivity index (χ2n) is 12.0. The lowest BCUT2D eigenvalue weighted by Gasteiger charge is -2.30. The standard InChI is InChI=1S/C36H40N2O4S/c1-24-21-25(2)33(26(3)22-24)43(40,41)38-32(29-17-19-30(20-18-29)34(36(4,5)6)42-35(37)39)31(28-15-11-8-12-16-28)23-27-13-9-7-10-14-27/h7-23,32,34,38H,1-6H3,(H2,37,39)/b31-23+. The van der Waals surface area contributed by atoms with Crippen LogP contribution in [0, 0.1) is 26.2 Å². The van der Waals surface area contributed by atoms with E-state index < -0.39 is 33.7 Å². The summed E-state index contributed by atoms with van der Waals surface area (Å²) < 4.78 is 36.9. The number of hydrogen-bond acceptors (Lipinski definition) is 4. The Bertz CT molecular complexity index is 1680. The SMILES string of the molecule is Cc1cc(C)c(S(=O)(=O)NC(/C(=C/c2ccccc2)c2ccccc2)c2ccc(C(OC(N)=O)C(C)(C)C)cc2)c(C)c1. The molecule has 0 saturated carbocycles. The third kappa shape index (κ3) is 7.80. The lowest BCUT2D eigenvalue weighted by atomic mass is 9.83. The number of hydrogen-bond donors (Lipinski definition) is 2. The van der Waals surface area contributed by atoms with Gasteiger partial charge in [0.25, 0.3) is 0 Å². The number of amides is 1. The highest BCUT2D eigenvalue weighted by Gasteiger charge is 2.31. The number of sulfonamides is 1. The topological polar surface area (TPSA) is 98.5 Å². The van der Waals surface area contributed by atoms with Crippen molar-refractivity contribution in [3.8, 4) is 0 Å². The number of benzene rings is 4. The number of rotatable bonds is 9. The van der Waals surface area contributed by atoms with Crippen molar-refractivity contribution in [1.29, 1.82) is 0 Å². The lowest BCUT2D eigenvalue weighted by Crippen LogP contribution is -2.31. The molecule has 0 bridgehead atoms. The molecule has 4 rings (SSSR count). The largest absolute Gasteiger partial charge is 0.441 e. The van der Waals surface area contributed by atoms with E-state index in [0.29, 0.717) is 11.1 Å². The summed E-state index contributed by atoms with van der Waals surface area (Å²) in [5, 5.41) is 0. The monoisotopic (exact) mass is 596 g/mol. The van der Waals surface area contributed by atoms with Crippen molar-refractivity contribution in [3.63, 3.8) is 0 Å². The van der Waals surface area contributed by atoms with E-state index in [1.54, 1.807) is 0 Å². The molecular weight excluding hydrogens is 556 g/mol. The first-order valence-corrected chi connectivity index (χ1v) is 15.7. The zero-order valence-corrected chi connectivity index (χ0v) is 26.4. The van der Waals surface area contributed by atoms with E-state index in [2.05, 4.69) is 4.72 Å². The minimum absolute atomic E-state index is 0.273. The molecule has 0 fully saturated rings. The van der Waals surface area contributed by atoms with Crippen LogP contribution in [0.1, 0.15) is 71.9 Å². The van der Waals surface area contributed by atoms with Crippen LogP contribution in [-0.2, 0) is 14.8 Å². The lowest BCUT2D eigenvalue weighted by molar-refractivity contribution is 0.0360. The molecule has 3 N–H and O–H groups in total. The van der Waals surface area contributed by atoms with Crippen LogP contribution in [0.3, 0.4) is 0 Å². The summed E-state index contributed by atoms with van der Waals surface area (Å²) in [6.45, 7) is 11.5. The molecule has 0 aromatic heterocycles. The number of carbonyl (C=O) groups is 1. The second-order valence-corrected chi connectivity index (χ2v) is 13.7. The number of carbonyl (C=O) groups excluding carboxylic acids is 1. The van der Waals surface area contributed by atoms with Crippen molar-refractivity contribution in [2.75, 3.05) is 0 Å². The Balaban J connectivity index is 1.91. The van der Waals surface area contributed by atoms with Crippen molar-refractivity contribution in [1.82, 2.24) is 4.72 Å². The maximum Gasteiger partial charge on any atom is 0.405 e. The summed E-state index contributed by atoms with van der Waals surface area (Å²) in [7, 11) is -3.97. The Morgan fingerprint density at radius 1 is 0.814 bits per heavy atom. The van der Waals surface area contributed by atoms with Gasteiger partial charge in [-0.3, -0.25) is 0 Å². The molecule has 2 unspecified atom stereocenters. The fraction of sp³-hybridized carbons (Fsp3) is 0.250. The molecule has 0 radical (unpaired) electrons. The predicted octanol–water partition coefficient (Wildman–Crippen LogP) is 8.05. The van der Waals surface area contributed by atoms with E-state index in [4.69, 9.17) is 10.5 Å². The van der Waals surface area contributed by atoms with Gasteiger partial charge in [0, 0.05) is 5.41 Å². The highest BCUT2D eigenvalue weighted by Crippen LogP contribution is 2.39. The van der Waals surface area contributed by atoms with Crippen molar-refractivity contribution < 1.29 is 17.9 Å². The average Bonchev–Trinajstić information content (AvgIpc) is 2.93. The molecule has 0 saturated heterocycles. The number of nitrogens with two attached hydrogens (primary N) is 1. The molecule has 0 aliphatic heterocycles. The molecule has 0 aliphatic rings. The summed E-state index contributed by atoms with van der Waals surface area (Å²) in [6.07, 6.45) is 0.579. The summed E-state index contributed by atoms with van der Waals surface area (Å²) in [5.74, 6) is 0. The molecule has 43 heavy (non-hydrogen) atoms. The normalized spacial score (nSPS) is 13.8. The number of ether oxygens (including phenoxy) is 1. The van der Waals surface area contributed by atoms with Crippen LogP contribution in [0.2, 0.25) is 0 Å². The van der Waals surface area contributed by atoms with Crippen molar-refractivity contribution >= 4 is 27.8 Å². The number of primary amides is 1. The Kier molecular flexibility index (Phi) is 9.58. The molecule has 224 valence electrons. The Hall–Kier alpha value is -4.20. The van der Waals surface area contributed by atoms with Crippen LogP contribution in [0.25, 0.3) is 11.6 Å². The predicted molar refractivity (Wildman–Crippen MR) is 174 cm³/mol. The Morgan fingerprint density at radius 3 is 1.84 bits per heavy atom. The van der Waals surface area contributed by atoms with Crippen molar-refractivity contribution in [2.24, 2.45) is 11.1 Å². The molecule has 1 amide bonds. The maximum absolute atomic E-state index is 14.2. The van der Waals surface area contributed by atoms with E-state index >= 15 is 0 Å².